The van der Waals surface area contributed by atoms with Gasteiger partial charge in [0.05, 0.1) is 6.61 Å². The van der Waals surface area contributed by atoms with Crippen LogP contribution >= 0.6 is 12.4 Å². The van der Waals surface area contributed by atoms with Gasteiger partial charge < -0.3 is 9.64 Å². The lowest BCUT2D eigenvalue weighted by molar-refractivity contribution is 0.207. The first-order valence-corrected chi connectivity index (χ1v) is 7.18. The van der Waals surface area contributed by atoms with Gasteiger partial charge in [-0.3, -0.25) is 4.99 Å². The number of hydrogen-bond donors (Lipinski definition) is 0. The van der Waals surface area contributed by atoms with Crippen molar-refractivity contribution in [1.82, 2.24) is 0 Å². The highest BCUT2D eigenvalue weighted by atomic mass is 35.5. The van der Waals surface area contributed by atoms with Crippen LogP contribution in [-0.2, 0) is 4.74 Å². The van der Waals surface area contributed by atoms with E-state index in [1.807, 2.05) is 0 Å². The predicted molar refractivity (Wildman–Crippen MR) is 92.0 cm³/mol. The highest BCUT2D eigenvalue weighted by molar-refractivity contribution is 6.06. The summed E-state index contributed by atoms with van der Waals surface area (Å²) in [7, 11) is 1.74. The topological polar surface area (TPSA) is 24.8 Å². The number of rotatable bonds is 4. The molecule has 0 bridgehead atoms. The minimum atomic E-state index is 0. The van der Waals surface area contributed by atoms with E-state index in [0.717, 1.165) is 38.4 Å². The average Bonchev–Trinajstić information content (AvgIpc) is 2.53. The van der Waals surface area contributed by atoms with Crippen molar-refractivity contribution in [2.24, 2.45) is 4.99 Å². The summed E-state index contributed by atoms with van der Waals surface area (Å²) in [5.41, 5.74) is 1.26. The maximum Gasteiger partial charge on any atom is 0.106 e. The molecule has 2 aromatic rings. The zero-order chi connectivity index (χ0) is 13.8. The Labute approximate surface area is 132 Å². The third kappa shape index (κ3) is 3.36. The van der Waals surface area contributed by atoms with Gasteiger partial charge in [0, 0.05) is 37.7 Å². The minimum Gasteiger partial charge on any atom is -0.384 e. The fourth-order valence-electron chi connectivity index (χ4n) is 2.76. The molecule has 0 aromatic heterocycles. The normalized spacial score (nSPS) is 14.7. The molecule has 112 valence electrons. The predicted octanol–water partition coefficient (Wildman–Crippen LogP) is 3.91. The molecule has 0 fully saturated rings. The van der Waals surface area contributed by atoms with Crippen LogP contribution in [0.3, 0.4) is 0 Å². The van der Waals surface area contributed by atoms with Gasteiger partial charge in [0.25, 0.3) is 0 Å². The Morgan fingerprint density at radius 2 is 1.95 bits per heavy atom. The number of hydrogen-bond acceptors (Lipinski definition) is 3. The quantitative estimate of drug-likeness (QED) is 0.855. The van der Waals surface area contributed by atoms with E-state index in [9.17, 15) is 0 Å². The third-order valence-corrected chi connectivity index (χ3v) is 3.73. The van der Waals surface area contributed by atoms with Crippen LogP contribution in [0.1, 0.15) is 12.8 Å². The van der Waals surface area contributed by atoms with E-state index in [0.29, 0.717) is 0 Å². The number of anilines is 1. The Kier molecular flexibility index (Phi) is 5.59. The Balaban J connectivity index is 0.00000161. The summed E-state index contributed by atoms with van der Waals surface area (Å²) in [6.45, 7) is 2.69. The monoisotopic (exact) mass is 304 g/mol. The standard InChI is InChI=1S/C17H20N2O.ClH/c1-20-13-10-17-18-11-5-12-19(17)16-9-4-7-14-6-2-3-8-15(14)16;/h2-4,6-9H,5,10-13H2,1H3;1H. The second-order valence-corrected chi connectivity index (χ2v) is 5.04. The molecule has 0 unspecified atom stereocenters. The number of methoxy groups -OCH3 is 1. The molecule has 0 saturated heterocycles. The van der Waals surface area contributed by atoms with Crippen molar-refractivity contribution in [1.29, 1.82) is 0 Å². The van der Waals surface area contributed by atoms with Gasteiger partial charge in [0.1, 0.15) is 5.84 Å². The molecule has 3 rings (SSSR count). The molecule has 0 saturated carbocycles. The molecule has 2 aromatic carbocycles. The van der Waals surface area contributed by atoms with Crippen molar-refractivity contribution in [3.05, 3.63) is 42.5 Å². The van der Waals surface area contributed by atoms with E-state index in [1.165, 1.54) is 16.5 Å². The summed E-state index contributed by atoms with van der Waals surface area (Å²) in [5.74, 6) is 1.15. The summed E-state index contributed by atoms with van der Waals surface area (Å²) < 4.78 is 5.21. The fourth-order valence-corrected chi connectivity index (χ4v) is 2.76. The van der Waals surface area contributed by atoms with Crippen molar-refractivity contribution in [2.75, 3.05) is 31.7 Å². The van der Waals surface area contributed by atoms with Crippen molar-refractivity contribution < 1.29 is 4.74 Å². The number of aliphatic imine (C=N–C) groups is 1. The summed E-state index contributed by atoms with van der Waals surface area (Å²) >= 11 is 0. The lowest BCUT2D eigenvalue weighted by atomic mass is 10.1. The number of amidine groups is 1. The van der Waals surface area contributed by atoms with Gasteiger partial charge in [-0.05, 0) is 17.9 Å². The van der Waals surface area contributed by atoms with Crippen LogP contribution < -0.4 is 4.90 Å². The Hall–Kier alpha value is -1.58. The summed E-state index contributed by atoms with van der Waals surface area (Å²) in [4.78, 5) is 7.05. The Morgan fingerprint density at radius 3 is 2.81 bits per heavy atom. The molecule has 21 heavy (non-hydrogen) atoms. The first kappa shape index (κ1) is 15.8. The van der Waals surface area contributed by atoms with Gasteiger partial charge >= 0.3 is 0 Å². The van der Waals surface area contributed by atoms with Crippen LogP contribution in [0.2, 0.25) is 0 Å². The van der Waals surface area contributed by atoms with Crippen LogP contribution in [0.15, 0.2) is 47.5 Å². The SMILES string of the molecule is COCCC1=NCCCN1c1cccc2ccccc12.Cl. The number of benzene rings is 2. The summed E-state index contributed by atoms with van der Waals surface area (Å²) in [6.07, 6.45) is 1.99. The van der Waals surface area contributed by atoms with Gasteiger partial charge in [-0.1, -0.05) is 36.4 Å². The van der Waals surface area contributed by atoms with Gasteiger partial charge in [-0.25, -0.2) is 0 Å². The van der Waals surface area contributed by atoms with Crippen molar-refractivity contribution in [3.63, 3.8) is 0 Å². The highest BCUT2D eigenvalue weighted by Gasteiger charge is 2.18. The Bertz CT molecular complexity index is 622. The smallest absolute Gasteiger partial charge is 0.106 e. The van der Waals surface area contributed by atoms with Crippen LogP contribution in [-0.4, -0.2) is 32.6 Å². The maximum absolute atomic E-state index is 5.21. The number of nitrogens with zero attached hydrogens (tertiary/aromatic N) is 2. The molecule has 0 aliphatic carbocycles. The molecule has 1 aliphatic heterocycles. The second kappa shape index (κ2) is 7.43. The van der Waals surface area contributed by atoms with Gasteiger partial charge in [0.2, 0.25) is 0 Å². The highest BCUT2D eigenvalue weighted by Crippen LogP contribution is 2.28. The summed E-state index contributed by atoms with van der Waals surface area (Å²) in [6, 6.07) is 15.0. The van der Waals surface area contributed by atoms with Crippen LogP contribution in [0, 0.1) is 0 Å². The van der Waals surface area contributed by atoms with Gasteiger partial charge in [-0.2, -0.15) is 0 Å². The molecular weight excluding hydrogens is 284 g/mol. The Morgan fingerprint density at radius 1 is 1.14 bits per heavy atom. The van der Waals surface area contributed by atoms with E-state index in [2.05, 4.69) is 47.4 Å². The molecule has 1 aliphatic rings. The van der Waals surface area contributed by atoms with Crippen LogP contribution in [0.25, 0.3) is 10.8 Å². The maximum atomic E-state index is 5.21. The van der Waals surface area contributed by atoms with Crippen molar-refractivity contribution in [3.8, 4) is 0 Å². The fraction of sp³-hybridized carbons (Fsp3) is 0.353. The molecule has 0 radical (unpaired) electrons. The van der Waals surface area contributed by atoms with Crippen LogP contribution in [0.5, 0.6) is 0 Å². The molecule has 4 heteroatoms. The zero-order valence-corrected chi connectivity index (χ0v) is 13.1. The number of fused-ring (bicyclic) bond motifs is 1. The van der Waals surface area contributed by atoms with Crippen LogP contribution in [0.4, 0.5) is 5.69 Å². The van der Waals surface area contributed by atoms with Gasteiger partial charge in [0.15, 0.2) is 0 Å². The lowest BCUT2D eigenvalue weighted by Gasteiger charge is -2.30. The first-order valence-electron chi connectivity index (χ1n) is 7.18. The molecule has 3 nitrogen and oxygen atoms in total. The number of ether oxygens (including phenoxy) is 1. The molecule has 1 heterocycles. The lowest BCUT2D eigenvalue weighted by Crippen LogP contribution is -2.36. The molecule has 0 N–H and O–H groups in total. The molecule has 0 spiro atoms. The van der Waals surface area contributed by atoms with Crippen molar-refractivity contribution >= 4 is 34.7 Å². The van der Waals surface area contributed by atoms with E-state index in [1.54, 1.807) is 7.11 Å². The third-order valence-electron chi connectivity index (χ3n) is 3.73. The zero-order valence-electron chi connectivity index (χ0n) is 12.3. The molecular formula is C17H21ClN2O. The molecule has 0 atom stereocenters. The number of halogens is 1. The van der Waals surface area contributed by atoms with E-state index in [4.69, 9.17) is 9.73 Å². The average molecular weight is 305 g/mol. The largest absolute Gasteiger partial charge is 0.384 e. The van der Waals surface area contributed by atoms with Gasteiger partial charge in [-0.15, -0.1) is 12.4 Å². The summed E-state index contributed by atoms with van der Waals surface area (Å²) in [5, 5.41) is 2.57. The van der Waals surface area contributed by atoms with E-state index < -0.39 is 0 Å². The van der Waals surface area contributed by atoms with E-state index in [-0.39, 0.29) is 12.4 Å². The minimum absolute atomic E-state index is 0. The first-order chi connectivity index (χ1) is 9.90. The molecule has 0 amide bonds. The van der Waals surface area contributed by atoms with Crippen molar-refractivity contribution in [2.45, 2.75) is 12.8 Å². The second-order valence-electron chi connectivity index (χ2n) is 5.04. The van der Waals surface area contributed by atoms with E-state index >= 15 is 0 Å².